The fourth-order valence-electron chi connectivity index (χ4n) is 2.80. The predicted molar refractivity (Wildman–Crippen MR) is 108 cm³/mol. The number of carboxylic acid groups (broad SMARTS) is 1. The highest BCUT2D eigenvalue weighted by molar-refractivity contribution is 5.83. The fourth-order valence-corrected chi connectivity index (χ4v) is 2.80. The third-order valence-corrected chi connectivity index (χ3v) is 3.89. The highest BCUT2D eigenvalue weighted by Gasteiger charge is 2.36. The highest BCUT2D eigenvalue weighted by Crippen LogP contribution is 2.37. The summed E-state index contributed by atoms with van der Waals surface area (Å²) in [5.41, 5.74) is -0.922. The number of pyridine rings is 3. The van der Waals surface area contributed by atoms with Crippen LogP contribution in [-0.4, -0.2) is 31.8 Å². The average Bonchev–Trinajstić information content (AvgIpc) is 2.65. The maximum atomic E-state index is 13.5. The number of nitrogens with zero attached hydrogens (tertiary/aromatic N) is 3. The van der Waals surface area contributed by atoms with Crippen LogP contribution >= 0.6 is 0 Å². The van der Waals surface area contributed by atoms with Crippen molar-refractivity contribution in [2.45, 2.75) is 32.5 Å². The minimum Gasteiger partial charge on any atom is -0.472 e. The number of ether oxygens (including phenoxy) is 1. The van der Waals surface area contributed by atoms with Gasteiger partial charge in [0.05, 0.1) is 5.69 Å². The Balaban J connectivity index is 2.19. The van der Waals surface area contributed by atoms with Gasteiger partial charge in [0.15, 0.2) is 5.69 Å². The van der Waals surface area contributed by atoms with Crippen molar-refractivity contribution in [2.75, 3.05) is 5.32 Å². The van der Waals surface area contributed by atoms with Gasteiger partial charge in [0, 0.05) is 24.0 Å². The van der Waals surface area contributed by atoms with Crippen molar-refractivity contribution in [1.29, 1.82) is 0 Å². The van der Waals surface area contributed by atoms with E-state index in [2.05, 4.69) is 20.3 Å². The Labute approximate surface area is 176 Å². The summed E-state index contributed by atoms with van der Waals surface area (Å²) in [7, 11) is 0. The minimum absolute atomic E-state index is 0.0155. The van der Waals surface area contributed by atoms with E-state index >= 15 is 0 Å². The third kappa shape index (κ3) is 5.68. The van der Waals surface area contributed by atoms with Gasteiger partial charge >= 0.3 is 12.3 Å². The summed E-state index contributed by atoms with van der Waals surface area (Å²) in [4.78, 5) is 22.6. The molecule has 10 heteroatoms. The van der Waals surface area contributed by atoms with Gasteiger partial charge in [-0.25, -0.2) is 14.8 Å². The van der Waals surface area contributed by atoms with E-state index < -0.39 is 23.6 Å². The van der Waals surface area contributed by atoms with Crippen LogP contribution in [0.1, 0.15) is 26.5 Å². The number of aromatic nitrogens is 3. The molecule has 0 aliphatic carbocycles. The molecule has 7 nitrogen and oxygen atoms in total. The van der Waals surface area contributed by atoms with E-state index in [-0.39, 0.29) is 23.0 Å². The summed E-state index contributed by atoms with van der Waals surface area (Å²) in [5.74, 6) is 0.181. The van der Waals surface area contributed by atoms with E-state index in [1.165, 1.54) is 30.5 Å². The Bertz CT molecular complexity index is 1110. The molecule has 0 radical (unpaired) electrons. The topological polar surface area (TPSA) is 97.2 Å². The van der Waals surface area contributed by atoms with Gasteiger partial charge in [-0.15, -0.1) is 0 Å². The lowest BCUT2D eigenvalue weighted by Gasteiger charge is -2.22. The molecule has 0 atom stereocenters. The molecule has 0 aromatic carbocycles. The second kappa shape index (κ2) is 8.21. The predicted octanol–water partition coefficient (Wildman–Crippen LogP) is 5.49. The Kier molecular flexibility index (Phi) is 5.83. The van der Waals surface area contributed by atoms with Gasteiger partial charge in [0.2, 0.25) is 5.88 Å². The summed E-state index contributed by atoms with van der Waals surface area (Å²) < 4.78 is 46.3. The lowest BCUT2D eigenvalue weighted by molar-refractivity contribution is -0.140. The first-order valence-corrected chi connectivity index (χ1v) is 9.12. The molecule has 0 spiro atoms. The van der Waals surface area contributed by atoms with Gasteiger partial charge < -0.3 is 9.84 Å². The number of halogens is 3. The van der Waals surface area contributed by atoms with Gasteiger partial charge in [-0.05, 0) is 62.2 Å². The molecule has 31 heavy (non-hydrogen) atoms. The zero-order valence-electron chi connectivity index (χ0n) is 16.9. The SMILES string of the molecule is CC(C)(C)Oc1cc(-c2ccnc(NC(=O)O)c2)cc(-c2cccnc2C(F)(F)F)n1. The van der Waals surface area contributed by atoms with Crippen molar-refractivity contribution in [3.63, 3.8) is 0 Å². The van der Waals surface area contributed by atoms with E-state index in [0.29, 0.717) is 11.1 Å². The lowest BCUT2D eigenvalue weighted by Crippen LogP contribution is -2.23. The van der Waals surface area contributed by atoms with Gasteiger partial charge in [-0.3, -0.25) is 10.3 Å². The molecule has 0 aliphatic rings. The van der Waals surface area contributed by atoms with Crippen LogP contribution in [0.2, 0.25) is 0 Å². The lowest BCUT2D eigenvalue weighted by atomic mass is 10.0. The average molecular weight is 432 g/mol. The second-order valence-corrected chi connectivity index (χ2v) is 7.55. The number of hydrogen-bond donors (Lipinski definition) is 2. The number of alkyl halides is 3. The molecule has 3 heterocycles. The summed E-state index contributed by atoms with van der Waals surface area (Å²) in [6.07, 6.45) is -3.51. The van der Waals surface area contributed by atoms with Crippen LogP contribution in [-0.2, 0) is 6.18 Å². The molecule has 3 rings (SSSR count). The van der Waals surface area contributed by atoms with Crippen LogP contribution in [0, 0.1) is 0 Å². The normalized spacial score (nSPS) is 11.8. The van der Waals surface area contributed by atoms with Crippen molar-refractivity contribution in [3.8, 4) is 28.3 Å². The van der Waals surface area contributed by atoms with Gasteiger partial charge in [-0.1, -0.05) is 0 Å². The molecule has 0 fully saturated rings. The van der Waals surface area contributed by atoms with E-state index in [1.54, 1.807) is 32.9 Å². The monoisotopic (exact) mass is 432 g/mol. The van der Waals surface area contributed by atoms with Crippen molar-refractivity contribution >= 4 is 11.9 Å². The first kappa shape index (κ1) is 22.0. The molecule has 3 aromatic heterocycles. The fraction of sp³-hybridized carbons (Fsp3) is 0.238. The first-order chi connectivity index (χ1) is 14.4. The second-order valence-electron chi connectivity index (χ2n) is 7.55. The number of anilines is 1. The quantitative estimate of drug-likeness (QED) is 0.566. The molecule has 0 unspecified atom stereocenters. The van der Waals surface area contributed by atoms with Crippen molar-refractivity contribution in [3.05, 3.63) is 54.5 Å². The largest absolute Gasteiger partial charge is 0.472 e. The molecular weight excluding hydrogens is 413 g/mol. The Morgan fingerprint density at radius 2 is 1.77 bits per heavy atom. The van der Waals surface area contributed by atoms with Crippen LogP contribution in [0.4, 0.5) is 23.8 Å². The molecule has 2 N–H and O–H groups in total. The standard InChI is InChI=1S/C21H19F3N4O3/c1-20(2,3)31-17-11-13(12-6-8-25-16(10-12)28-19(29)30)9-15(27-17)14-5-4-7-26-18(14)21(22,23)24/h4-11H,1-3H3,(H,25,28)(H,29,30). The summed E-state index contributed by atoms with van der Waals surface area (Å²) in [5, 5.41) is 11.0. The van der Waals surface area contributed by atoms with E-state index in [1.807, 2.05) is 0 Å². The van der Waals surface area contributed by atoms with E-state index in [9.17, 15) is 18.0 Å². The zero-order chi connectivity index (χ0) is 22.8. The molecule has 0 saturated heterocycles. The van der Waals surface area contributed by atoms with Crippen LogP contribution in [0.5, 0.6) is 5.88 Å². The van der Waals surface area contributed by atoms with Crippen LogP contribution < -0.4 is 10.1 Å². The van der Waals surface area contributed by atoms with Crippen LogP contribution in [0.15, 0.2) is 48.8 Å². The Morgan fingerprint density at radius 3 is 2.42 bits per heavy atom. The molecule has 0 saturated carbocycles. The van der Waals surface area contributed by atoms with Gasteiger partial charge in [0.1, 0.15) is 11.4 Å². The van der Waals surface area contributed by atoms with E-state index in [0.717, 1.165) is 6.20 Å². The van der Waals surface area contributed by atoms with Gasteiger partial charge in [0.25, 0.3) is 0 Å². The smallest absolute Gasteiger partial charge is 0.434 e. The van der Waals surface area contributed by atoms with E-state index in [4.69, 9.17) is 9.84 Å². The van der Waals surface area contributed by atoms with Crippen LogP contribution in [0.3, 0.4) is 0 Å². The number of amides is 1. The Hall–Kier alpha value is -3.69. The summed E-state index contributed by atoms with van der Waals surface area (Å²) in [6, 6.07) is 8.76. The molecule has 1 amide bonds. The Morgan fingerprint density at radius 1 is 1.03 bits per heavy atom. The number of hydrogen-bond acceptors (Lipinski definition) is 5. The number of carbonyl (C=O) groups is 1. The number of nitrogens with one attached hydrogen (secondary N) is 1. The summed E-state index contributed by atoms with van der Waals surface area (Å²) >= 11 is 0. The van der Waals surface area contributed by atoms with Crippen molar-refractivity contribution in [2.24, 2.45) is 0 Å². The molecule has 0 aliphatic heterocycles. The molecule has 0 bridgehead atoms. The van der Waals surface area contributed by atoms with Crippen molar-refractivity contribution in [1.82, 2.24) is 15.0 Å². The molecular formula is C21H19F3N4O3. The van der Waals surface area contributed by atoms with Crippen molar-refractivity contribution < 1.29 is 27.8 Å². The van der Waals surface area contributed by atoms with Gasteiger partial charge in [-0.2, -0.15) is 13.2 Å². The first-order valence-electron chi connectivity index (χ1n) is 9.12. The molecule has 162 valence electrons. The number of rotatable bonds is 4. The molecule has 3 aromatic rings. The maximum Gasteiger partial charge on any atom is 0.434 e. The summed E-state index contributed by atoms with van der Waals surface area (Å²) in [6.45, 7) is 5.36. The zero-order valence-corrected chi connectivity index (χ0v) is 16.9. The third-order valence-electron chi connectivity index (χ3n) is 3.89. The highest BCUT2D eigenvalue weighted by atomic mass is 19.4. The maximum absolute atomic E-state index is 13.5. The minimum atomic E-state index is -4.67. The van der Waals surface area contributed by atoms with Crippen LogP contribution in [0.25, 0.3) is 22.4 Å².